The molecule has 5 heteroatoms. The average Bonchev–Trinajstić information content (AvgIpc) is 2.23. The lowest BCUT2D eigenvalue weighted by atomic mass is 10.1. The predicted octanol–water partition coefficient (Wildman–Crippen LogP) is 4.58. The third kappa shape index (κ3) is 12.3. The van der Waals surface area contributed by atoms with Crippen LogP contribution in [0.5, 0.6) is 0 Å². The maximum atomic E-state index is 11.9. The van der Waals surface area contributed by atoms with E-state index in [0.717, 1.165) is 38.6 Å². The lowest BCUT2D eigenvalue weighted by Crippen LogP contribution is -2.29. The van der Waals surface area contributed by atoms with E-state index in [0.29, 0.717) is 12.5 Å². The molecule has 1 N–H and O–H groups in total. The first-order valence-electron chi connectivity index (χ1n) is 6.43. The quantitative estimate of drug-likeness (QED) is 0.584. The van der Waals surface area contributed by atoms with E-state index in [1.807, 2.05) is 0 Å². The van der Waals surface area contributed by atoms with E-state index in [1.54, 1.807) is 0 Å². The van der Waals surface area contributed by atoms with Crippen LogP contribution >= 0.6 is 11.8 Å². The Morgan fingerprint density at radius 1 is 1.06 bits per heavy atom. The molecule has 0 aliphatic carbocycles. The van der Waals surface area contributed by atoms with Gasteiger partial charge in [0.25, 0.3) is 0 Å². The van der Waals surface area contributed by atoms with Crippen LogP contribution in [0.3, 0.4) is 0 Å². The van der Waals surface area contributed by atoms with Gasteiger partial charge in [-0.2, -0.15) is 13.2 Å². The fraction of sp³-hybridized carbons (Fsp3) is 1.00. The predicted molar refractivity (Wildman–Crippen MR) is 69.4 cm³/mol. The van der Waals surface area contributed by atoms with Gasteiger partial charge in [-0.05, 0) is 32.2 Å². The van der Waals surface area contributed by atoms with Gasteiger partial charge in [-0.25, -0.2) is 0 Å². The zero-order valence-corrected chi connectivity index (χ0v) is 11.6. The molecule has 1 nitrogen and oxygen atoms in total. The van der Waals surface area contributed by atoms with Crippen molar-refractivity contribution in [2.45, 2.75) is 63.9 Å². The van der Waals surface area contributed by atoms with Gasteiger partial charge in [-0.1, -0.05) is 38.5 Å². The molecular formula is C12H24F3NS. The van der Waals surface area contributed by atoms with Gasteiger partial charge in [0.2, 0.25) is 0 Å². The molecule has 0 rings (SSSR count). The van der Waals surface area contributed by atoms with Crippen molar-refractivity contribution < 1.29 is 13.2 Å². The molecule has 1 unspecified atom stereocenters. The molecular weight excluding hydrogens is 247 g/mol. The summed E-state index contributed by atoms with van der Waals surface area (Å²) >= 11 is 0.0960. The summed E-state index contributed by atoms with van der Waals surface area (Å²) < 4.78 is 35.6. The zero-order chi connectivity index (χ0) is 13.1. The van der Waals surface area contributed by atoms with Gasteiger partial charge in [-0.3, -0.25) is 0 Å². The number of unbranched alkanes of at least 4 members (excludes halogenated alkanes) is 1. The average molecular weight is 271 g/mol. The Balaban J connectivity index is 3.53. The summed E-state index contributed by atoms with van der Waals surface area (Å²) in [6.07, 6.45) is 5.87. The molecule has 0 heterocycles. The molecule has 0 fully saturated rings. The van der Waals surface area contributed by atoms with Crippen LogP contribution in [0.15, 0.2) is 0 Å². The van der Waals surface area contributed by atoms with Crippen molar-refractivity contribution in [1.82, 2.24) is 5.32 Å². The van der Waals surface area contributed by atoms with Gasteiger partial charge in [0.05, 0.1) is 0 Å². The second kappa shape index (κ2) is 10.1. The van der Waals surface area contributed by atoms with Crippen LogP contribution in [-0.2, 0) is 0 Å². The second-order valence-corrected chi connectivity index (χ2v) is 5.39. The van der Waals surface area contributed by atoms with E-state index in [2.05, 4.69) is 19.2 Å². The van der Waals surface area contributed by atoms with Crippen LogP contribution in [0, 0.1) is 0 Å². The van der Waals surface area contributed by atoms with Crippen LogP contribution < -0.4 is 5.32 Å². The molecule has 0 bridgehead atoms. The van der Waals surface area contributed by atoms with Gasteiger partial charge in [0, 0.05) is 11.8 Å². The third-order valence-corrected chi connectivity index (χ3v) is 3.35. The Morgan fingerprint density at radius 3 is 2.29 bits per heavy atom. The Kier molecular flexibility index (Phi) is 10.1. The highest BCUT2D eigenvalue weighted by Crippen LogP contribution is 2.30. The van der Waals surface area contributed by atoms with Crippen LogP contribution in [0.2, 0.25) is 0 Å². The van der Waals surface area contributed by atoms with E-state index in [4.69, 9.17) is 0 Å². The highest BCUT2D eigenvalue weighted by Gasteiger charge is 2.27. The minimum absolute atomic E-state index is 0.0960. The van der Waals surface area contributed by atoms with E-state index in [1.165, 1.54) is 0 Å². The molecule has 0 aliphatic rings. The number of rotatable bonds is 10. The Bertz CT molecular complexity index is 174. The fourth-order valence-corrected chi connectivity index (χ4v) is 2.31. The smallest absolute Gasteiger partial charge is 0.314 e. The lowest BCUT2D eigenvalue weighted by Gasteiger charge is -2.17. The molecule has 0 saturated carbocycles. The maximum Gasteiger partial charge on any atom is 0.441 e. The normalized spacial score (nSPS) is 13.9. The van der Waals surface area contributed by atoms with Gasteiger partial charge in [-0.15, -0.1) is 0 Å². The zero-order valence-electron chi connectivity index (χ0n) is 10.8. The molecule has 0 aromatic rings. The molecule has 17 heavy (non-hydrogen) atoms. The lowest BCUT2D eigenvalue weighted by molar-refractivity contribution is -0.0328. The summed E-state index contributed by atoms with van der Waals surface area (Å²) in [6, 6.07) is 0.482. The number of nitrogens with one attached hydrogen (secondary N) is 1. The number of hydrogen-bond donors (Lipinski definition) is 1. The molecule has 0 spiro atoms. The van der Waals surface area contributed by atoms with Gasteiger partial charge in [0.15, 0.2) is 0 Å². The third-order valence-electron chi connectivity index (χ3n) is 2.53. The van der Waals surface area contributed by atoms with Crippen LogP contribution in [0.25, 0.3) is 0 Å². The summed E-state index contributed by atoms with van der Waals surface area (Å²) in [5.74, 6) is 0.191. The second-order valence-electron chi connectivity index (χ2n) is 4.23. The molecule has 0 amide bonds. The van der Waals surface area contributed by atoms with Gasteiger partial charge < -0.3 is 5.32 Å². The molecule has 0 aromatic carbocycles. The number of halogens is 3. The van der Waals surface area contributed by atoms with Crippen molar-refractivity contribution in [2.24, 2.45) is 0 Å². The number of alkyl halides is 3. The minimum atomic E-state index is -4.07. The molecule has 104 valence electrons. The highest BCUT2D eigenvalue weighted by atomic mass is 32.2. The van der Waals surface area contributed by atoms with E-state index in [9.17, 15) is 13.2 Å². The van der Waals surface area contributed by atoms with E-state index in [-0.39, 0.29) is 17.5 Å². The van der Waals surface area contributed by atoms with Crippen molar-refractivity contribution in [3.8, 4) is 0 Å². The summed E-state index contributed by atoms with van der Waals surface area (Å²) in [5.41, 5.74) is -4.07. The van der Waals surface area contributed by atoms with Crippen molar-refractivity contribution in [1.29, 1.82) is 0 Å². The standard InChI is InChI=1S/C12H24F3NS/c1-3-7-11(16-9-4-2)8-5-6-10-17-12(13,14)15/h11,16H,3-10H2,1-2H3. The topological polar surface area (TPSA) is 12.0 Å². The van der Waals surface area contributed by atoms with Crippen LogP contribution in [0.4, 0.5) is 13.2 Å². The fourth-order valence-electron chi connectivity index (χ4n) is 1.73. The van der Waals surface area contributed by atoms with Gasteiger partial charge >= 0.3 is 5.51 Å². The Hall–Kier alpha value is 0.100. The molecule has 0 aliphatic heterocycles. The number of thioether (sulfide) groups is 1. The Morgan fingerprint density at radius 2 is 1.76 bits per heavy atom. The number of hydrogen-bond acceptors (Lipinski definition) is 2. The summed E-state index contributed by atoms with van der Waals surface area (Å²) in [5, 5.41) is 3.45. The van der Waals surface area contributed by atoms with Crippen molar-refractivity contribution in [3.05, 3.63) is 0 Å². The molecule has 1 atom stereocenters. The van der Waals surface area contributed by atoms with E-state index < -0.39 is 5.51 Å². The van der Waals surface area contributed by atoms with Crippen molar-refractivity contribution in [2.75, 3.05) is 12.3 Å². The maximum absolute atomic E-state index is 11.9. The Labute approximate surface area is 107 Å². The SMILES string of the molecule is CCCNC(CCC)CCCCSC(F)(F)F. The molecule has 0 aromatic heterocycles. The highest BCUT2D eigenvalue weighted by molar-refractivity contribution is 8.00. The van der Waals surface area contributed by atoms with Crippen LogP contribution in [0.1, 0.15) is 52.4 Å². The van der Waals surface area contributed by atoms with Crippen LogP contribution in [-0.4, -0.2) is 23.8 Å². The molecule has 0 radical (unpaired) electrons. The largest absolute Gasteiger partial charge is 0.441 e. The van der Waals surface area contributed by atoms with E-state index >= 15 is 0 Å². The monoisotopic (exact) mass is 271 g/mol. The first kappa shape index (κ1) is 17.1. The molecule has 0 saturated heterocycles. The first-order valence-corrected chi connectivity index (χ1v) is 7.42. The summed E-state index contributed by atoms with van der Waals surface area (Å²) in [6.45, 7) is 5.26. The minimum Gasteiger partial charge on any atom is -0.314 e. The van der Waals surface area contributed by atoms with Gasteiger partial charge in [0.1, 0.15) is 0 Å². The van der Waals surface area contributed by atoms with Crippen molar-refractivity contribution >= 4 is 11.8 Å². The summed E-state index contributed by atoms with van der Waals surface area (Å²) in [7, 11) is 0. The summed E-state index contributed by atoms with van der Waals surface area (Å²) in [4.78, 5) is 0. The van der Waals surface area contributed by atoms with Crippen molar-refractivity contribution in [3.63, 3.8) is 0 Å². The first-order chi connectivity index (χ1) is 7.99.